The number of benzene rings is 1. The molecule has 1 aromatic heterocycles. The first kappa shape index (κ1) is 26.2. The van der Waals surface area contributed by atoms with Gasteiger partial charge in [0, 0.05) is 6.54 Å². The average Bonchev–Trinajstić information content (AvgIpc) is 3.24. The van der Waals surface area contributed by atoms with Crippen molar-refractivity contribution in [3.05, 3.63) is 41.7 Å². The second-order valence-electron chi connectivity index (χ2n) is 8.28. The minimum absolute atomic E-state index is 0.0750. The van der Waals surface area contributed by atoms with E-state index in [4.69, 9.17) is 15.2 Å². The van der Waals surface area contributed by atoms with Crippen molar-refractivity contribution in [3.8, 4) is 0 Å². The zero-order valence-electron chi connectivity index (χ0n) is 19.6. The predicted molar refractivity (Wildman–Crippen MR) is 122 cm³/mol. The molecule has 1 atom stereocenters. The lowest BCUT2D eigenvalue weighted by atomic mass is 10.1. The zero-order chi connectivity index (χ0) is 24.1. The summed E-state index contributed by atoms with van der Waals surface area (Å²) >= 11 is 0. The third-order valence-corrected chi connectivity index (χ3v) is 4.74. The summed E-state index contributed by atoms with van der Waals surface area (Å²) in [5, 5.41) is 17.3. The molecule has 2 aromatic rings. The number of tetrazole rings is 1. The summed E-state index contributed by atoms with van der Waals surface area (Å²) in [6.07, 6.45) is 2.55. The van der Waals surface area contributed by atoms with Gasteiger partial charge in [0.2, 0.25) is 5.91 Å². The maximum Gasteiger partial charge on any atom is 0.407 e. The number of nitrogens with zero attached hydrogens (tertiary/aromatic N) is 4. The first-order chi connectivity index (χ1) is 15.8. The molecule has 0 aliphatic rings. The van der Waals surface area contributed by atoms with Crippen molar-refractivity contribution >= 4 is 12.0 Å². The van der Waals surface area contributed by atoms with Crippen LogP contribution in [-0.2, 0) is 27.4 Å². The molecular weight excluding hydrogens is 426 g/mol. The van der Waals surface area contributed by atoms with Gasteiger partial charge in [-0.15, -0.1) is 5.10 Å². The van der Waals surface area contributed by atoms with Gasteiger partial charge in [-0.3, -0.25) is 4.79 Å². The van der Waals surface area contributed by atoms with Gasteiger partial charge in [0.15, 0.2) is 5.82 Å². The molecule has 11 heteroatoms. The van der Waals surface area contributed by atoms with Gasteiger partial charge in [-0.05, 0) is 36.3 Å². The predicted octanol–water partition coefficient (Wildman–Crippen LogP) is 1.70. The van der Waals surface area contributed by atoms with Crippen molar-refractivity contribution in [2.45, 2.75) is 64.8 Å². The van der Waals surface area contributed by atoms with E-state index in [1.54, 1.807) is 13.8 Å². The number of nitrogens with two attached hydrogens (primary N) is 1. The number of rotatable bonds is 14. The van der Waals surface area contributed by atoms with Gasteiger partial charge in [0.25, 0.3) is 0 Å². The number of amides is 2. The molecule has 0 saturated carbocycles. The summed E-state index contributed by atoms with van der Waals surface area (Å²) in [7, 11) is 0. The molecule has 2 amide bonds. The Bertz CT molecular complexity index is 852. The van der Waals surface area contributed by atoms with Crippen LogP contribution in [0.25, 0.3) is 0 Å². The lowest BCUT2D eigenvalue weighted by molar-refractivity contribution is -0.126. The van der Waals surface area contributed by atoms with E-state index < -0.39 is 17.7 Å². The number of carbonyl (C=O) groups is 2. The smallest absolute Gasteiger partial charge is 0.407 e. The van der Waals surface area contributed by atoms with Crippen LogP contribution < -0.4 is 16.4 Å². The first-order valence-electron chi connectivity index (χ1n) is 11.2. The molecule has 4 N–H and O–H groups in total. The fourth-order valence-electron chi connectivity index (χ4n) is 2.86. The topological polar surface area (TPSA) is 146 Å². The molecule has 0 saturated heterocycles. The van der Waals surface area contributed by atoms with Crippen LogP contribution in [-0.4, -0.2) is 57.5 Å². The SMILES string of the molecule is CCCCCNC(=O)OCCn1nnnc1C(COCc1ccccc1)NC(=O)C(C)(C)N. The molecule has 0 bridgehead atoms. The minimum atomic E-state index is -1.09. The summed E-state index contributed by atoms with van der Waals surface area (Å²) in [5.41, 5.74) is 5.85. The number of nitrogens with one attached hydrogen (secondary N) is 2. The second-order valence-corrected chi connectivity index (χ2v) is 8.28. The fraction of sp³-hybridized carbons (Fsp3) is 0.591. The van der Waals surface area contributed by atoms with Gasteiger partial charge < -0.3 is 25.8 Å². The van der Waals surface area contributed by atoms with Crippen LogP contribution in [0.3, 0.4) is 0 Å². The van der Waals surface area contributed by atoms with E-state index in [2.05, 4.69) is 33.1 Å². The van der Waals surface area contributed by atoms with Gasteiger partial charge in [-0.25, -0.2) is 9.48 Å². The maximum absolute atomic E-state index is 12.5. The molecule has 0 fully saturated rings. The molecule has 182 valence electrons. The molecular formula is C22H35N7O4. The van der Waals surface area contributed by atoms with Crippen LogP contribution in [0.1, 0.15) is 57.5 Å². The highest BCUT2D eigenvalue weighted by atomic mass is 16.5. The summed E-state index contributed by atoms with van der Waals surface area (Å²) in [5.74, 6) is 0.0145. The number of unbranched alkanes of at least 4 members (excludes halogenated alkanes) is 2. The zero-order valence-corrected chi connectivity index (χ0v) is 19.6. The quantitative estimate of drug-likeness (QED) is 0.360. The van der Waals surface area contributed by atoms with Crippen LogP contribution in [0.15, 0.2) is 30.3 Å². The van der Waals surface area contributed by atoms with E-state index in [1.165, 1.54) is 4.68 Å². The van der Waals surface area contributed by atoms with Crippen molar-refractivity contribution in [2.75, 3.05) is 19.8 Å². The van der Waals surface area contributed by atoms with Gasteiger partial charge in [-0.1, -0.05) is 50.1 Å². The molecule has 1 unspecified atom stereocenters. The van der Waals surface area contributed by atoms with Gasteiger partial charge in [0.1, 0.15) is 12.6 Å². The maximum atomic E-state index is 12.5. The summed E-state index contributed by atoms with van der Waals surface area (Å²) in [4.78, 5) is 24.3. The summed E-state index contributed by atoms with van der Waals surface area (Å²) < 4.78 is 12.5. The van der Waals surface area contributed by atoms with E-state index >= 15 is 0 Å². The molecule has 2 rings (SSSR count). The summed E-state index contributed by atoms with van der Waals surface area (Å²) in [6.45, 7) is 6.69. The molecule has 0 aliphatic heterocycles. The lowest BCUT2D eigenvalue weighted by Gasteiger charge is -2.23. The van der Waals surface area contributed by atoms with E-state index in [0.29, 0.717) is 19.0 Å². The Hall–Kier alpha value is -3.05. The van der Waals surface area contributed by atoms with E-state index in [-0.39, 0.29) is 25.7 Å². The highest BCUT2D eigenvalue weighted by Crippen LogP contribution is 2.13. The van der Waals surface area contributed by atoms with Gasteiger partial charge in [0.05, 0.1) is 25.3 Å². The average molecular weight is 462 g/mol. The Balaban J connectivity index is 1.96. The number of carbonyl (C=O) groups excluding carboxylic acids is 2. The third kappa shape index (κ3) is 9.54. The molecule has 1 aromatic carbocycles. The van der Waals surface area contributed by atoms with Crippen LogP contribution in [0.4, 0.5) is 4.79 Å². The Morgan fingerprint density at radius 2 is 1.97 bits per heavy atom. The fourth-order valence-corrected chi connectivity index (χ4v) is 2.86. The Morgan fingerprint density at radius 3 is 2.67 bits per heavy atom. The van der Waals surface area contributed by atoms with Gasteiger partial charge in [-0.2, -0.15) is 0 Å². The molecule has 0 radical (unpaired) electrons. The monoisotopic (exact) mass is 461 g/mol. The Kier molecular flexibility index (Phi) is 10.7. The summed E-state index contributed by atoms with van der Waals surface area (Å²) in [6, 6.07) is 9.04. The number of hydrogen-bond donors (Lipinski definition) is 3. The van der Waals surface area contributed by atoms with Crippen molar-refractivity contribution in [1.82, 2.24) is 30.8 Å². The number of alkyl carbamates (subject to hydrolysis) is 1. The van der Waals surface area contributed by atoms with Crippen LogP contribution in [0.2, 0.25) is 0 Å². The minimum Gasteiger partial charge on any atom is -0.448 e. The first-order valence-corrected chi connectivity index (χ1v) is 11.2. The van der Waals surface area contributed by atoms with Crippen molar-refractivity contribution < 1.29 is 19.1 Å². The van der Waals surface area contributed by atoms with Crippen molar-refractivity contribution in [3.63, 3.8) is 0 Å². The Morgan fingerprint density at radius 1 is 1.21 bits per heavy atom. The molecule has 1 heterocycles. The number of hydrogen-bond acceptors (Lipinski definition) is 8. The highest BCUT2D eigenvalue weighted by Gasteiger charge is 2.28. The second kappa shape index (κ2) is 13.5. The van der Waals surface area contributed by atoms with Crippen LogP contribution in [0, 0.1) is 0 Å². The van der Waals surface area contributed by atoms with E-state index in [9.17, 15) is 9.59 Å². The largest absolute Gasteiger partial charge is 0.448 e. The molecule has 0 aliphatic carbocycles. The van der Waals surface area contributed by atoms with E-state index in [0.717, 1.165) is 24.8 Å². The van der Waals surface area contributed by atoms with Crippen LogP contribution in [0.5, 0.6) is 0 Å². The highest BCUT2D eigenvalue weighted by molar-refractivity contribution is 5.85. The molecule has 33 heavy (non-hydrogen) atoms. The van der Waals surface area contributed by atoms with Crippen molar-refractivity contribution in [2.24, 2.45) is 5.73 Å². The lowest BCUT2D eigenvalue weighted by Crippen LogP contribution is -2.51. The van der Waals surface area contributed by atoms with E-state index in [1.807, 2.05) is 30.3 Å². The normalized spacial score (nSPS) is 12.2. The number of ether oxygens (including phenoxy) is 2. The van der Waals surface area contributed by atoms with Gasteiger partial charge >= 0.3 is 6.09 Å². The van der Waals surface area contributed by atoms with Crippen molar-refractivity contribution in [1.29, 1.82) is 0 Å². The standard InChI is InChI=1S/C22H35N7O4/c1-4-5-9-12-24-21(31)33-14-13-29-19(26-27-28-29)18(25-20(30)22(2,3)23)16-32-15-17-10-7-6-8-11-17/h6-8,10-11,18H,4-5,9,12-16,23H2,1-3H3,(H,24,31)(H,25,30). The Labute approximate surface area is 194 Å². The molecule has 11 nitrogen and oxygen atoms in total. The van der Waals surface area contributed by atoms with Crippen LogP contribution >= 0.6 is 0 Å². The third-order valence-electron chi connectivity index (χ3n) is 4.74. The number of aromatic nitrogens is 4. The molecule has 0 spiro atoms.